The summed E-state index contributed by atoms with van der Waals surface area (Å²) in [6.45, 7) is 5.01. The van der Waals surface area contributed by atoms with E-state index in [9.17, 15) is 4.79 Å². The lowest BCUT2D eigenvalue weighted by atomic mass is 10.0. The number of rotatable bonds is 10. The maximum atomic E-state index is 12.0. The van der Waals surface area contributed by atoms with Crippen LogP contribution in [-0.4, -0.2) is 34.4 Å². The van der Waals surface area contributed by atoms with Crippen molar-refractivity contribution in [3.63, 3.8) is 0 Å². The Bertz CT molecular complexity index is 1110. The van der Waals surface area contributed by atoms with Gasteiger partial charge in [-0.05, 0) is 62.4 Å². The number of methoxy groups -OCH3 is 1. The Labute approximate surface area is 203 Å². The van der Waals surface area contributed by atoms with Gasteiger partial charge in [-0.1, -0.05) is 29.3 Å². The predicted molar refractivity (Wildman–Crippen MR) is 136 cm³/mol. The summed E-state index contributed by atoms with van der Waals surface area (Å²) in [7, 11) is 3.34. The quantitative estimate of drug-likeness (QED) is 0.214. The molecule has 176 valence electrons. The summed E-state index contributed by atoms with van der Waals surface area (Å²) in [6.07, 6.45) is 5.99. The van der Waals surface area contributed by atoms with Gasteiger partial charge in [-0.25, -0.2) is 4.79 Å². The highest BCUT2D eigenvalue weighted by atomic mass is 79.9. The van der Waals surface area contributed by atoms with Gasteiger partial charge in [0.25, 0.3) is 0 Å². The number of carbonyl (C=O) groups is 1. The summed E-state index contributed by atoms with van der Waals surface area (Å²) in [5.74, 6) is 0.162. The van der Waals surface area contributed by atoms with Gasteiger partial charge in [-0.15, -0.1) is 0 Å². The smallest absolute Gasteiger partial charge is 0.337 e. The first kappa shape index (κ1) is 24.8. The Morgan fingerprint density at radius 2 is 2.06 bits per heavy atom. The van der Waals surface area contributed by atoms with E-state index in [2.05, 4.69) is 38.3 Å². The Kier molecular flexibility index (Phi) is 8.49. The molecule has 0 aliphatic carbocycles. The molecule has 0 radical (unpaired) electrons. The number of anilines is 2. The van der Waals surface area contributed by atoms with Crippen molar-refractivity contribution in [2.75, 3.05) is 24.7 Å². The molecule has 0 aliphatic heterocycles. The molecule has 2 heterocycles. The van der Waals surface area contributed by atoms with Crippen LogP contribution in [0.2, 0.25) is 0 Å². The lowest BCUT2D eigenvalue weighted by molar-refractivity contribution is 0.0600. The first-order valence-electron chi connectivity index (χ1n) is 11.2. The lowest BCUT2D eigenvalue weighted by Crippen LogP contribution is -2.12. The zero-order chi connectivity index (χ0) is 24.0. The van der Waals surface area contributed by atoms with Crippen molar-refractivity contribution in [3.05, 3.63) is 58.0 Å². The minimum Gasteiger partial charge on any atom is -0.465 e. The zero-order valence-electron chi connectivity index (χ0n) is 19.7. The van der Waals surface area contributed by atoms with Crippen molar-refractivity contribution >= 4 is 33.3 Å². The number of nitrogens with one attached hydrogen (secondary N) is 1. The number of pyridine rings is 1. The summed E-state index contributed by atoms with van der Waals surface area (Å²) in [6, 6.07) is 9.37. The van der Waals surface area contributed by atoms with Gasteiger partial charge in [0.2, 0.25) is 0 Å². The number of carbonyl (C=O) groups excluding carboxylic acids is 1. The van der Waals surface area contributed by atoms with Crippen molar-refractivity contribution in [2.45, 2.75) is 39.5 Å². The molecule has 0 amide bonds. The van der Waals surface area contributed by atoms with Crippen LogP contribution in [0.15, 0.2) is 41.0 Å². The third-order valence-corrected chi connectivity index (χ3v) is 6.22. The third kappa shape index (κ3) is 6.57. The molecule has 0 spiro atoms. The van der Waals surface area contributed by atoms with E-state index in [1.807, 2.05) is 43.0 Å². The molecule has 0 fully saturated rings. The first-order valence-corrected chi connectivity index (χ1v) is 11.9. The van der Waals surface area contributed by atoms with Gasteiger partial charge < -0.3 is 15.8 Å². The topological polar surface area (TPSA) is 95.1 Å². The summed E-state index contributed by atoms with van der Waals surface area (Å²) in [5, 5.41) is 7.90. The van der Waals surface area contributed by atoms with E-state index < -0.39 is 0 Å². The number of hydrogen-bond donors (Lipinski definition) is 2. The number of nitrogens with two attached hydrogens (primary N) is 1. The highest BCUT2D eigenvalue weighted by Crippen LogP contribution is 2.26. The number of halogens is 1. The molecule has 3 aromatic rings. The summed E-state index contributed by atoms with van der Waals surface area (Å²) < 4.78 is 7.79. The zero-order valence-corrected chi connectivity index (χ0v) is 21.3. The summed E-state index contributed by atoms with van der Waals surface area (Å²) >= 11 is 3.49. The number of hydrogen-bond acceptors (Lipinski definition) is 6. The SMILES string of the molecule is COC(=O)c1cc(C)nc(-c2cnn(C)c2CCCC[C@@H](C)CNc2cc(Br)ccc2N)c1. The minimum atomic E-state index is -0.362. The Morgan fingerprint density at radius 1 is 1.27 bits per heavy atom. The average molecular weight is 514 g/mol. The van der Waals surface area contributed by atoms with Crippen molar-refractivity contribution in [1.82, 2.24) is 14.8 Å². The molecule has 0 bridgehead atoms. The van der Waals surface area contributed by atoms with E-state index in [0.29, 0.717) is 11.5 Å². The molecular formula is C25H32BrN5O2. The second-order valence-electron chi connectivity index (χ2n) is 8.47. The van der Waals surface area contributed by atoms with Crippen LogP contribution in [0.4, 0.5) is 11.4 Å². The molecule has 3 N–H and O–H groups in total. The summed E-state index contributed by atoms with van der Waals surface area (Å²) in [5.41, 5.74) is 11.9. The van der Waals surface area contributed by atoms with Gasteiger partial charge in [-0.3, -0.25) is 9.67 Å². The van der Waals surface area contributed by atoms with Gasteiger partial charge in [-0.2, -0.15) is 5.10 Å². The van der Waals surface area contributed by atoms with Gasteiger partial charge in [0.15, 0.2) is 0 Å². The standard InChI is InChI=1S/C25H32BrN5O2/c1-16(14-28-23-13-19(26)9-10-21(23)27)7-5-6-8-24-20(15-29-31(24)3)22-12-18(25(32)33-4)11-17(2)30-22/h9-13,15-16,28H,5-8,14,27H2,1-4H3/t16-/m1/s1. The monoisotopic (exact) mass is 513 g/mol. The van der Waals surface area contributed by atoms with Crippen LogP contribution in [0.25, 0.3) is 11.3 Å². The van der Waals surface area contributed by atoms with Crippen LogP contribution >= 0.6 is 15.9 Å². The molecule has 7 nitrogen and oxygen atoms in total. The third-order valence-electron chi connectivity index (χ3n) is 5.73. The second kappa shape index (κ2) is 11.3. The Morgan fingerprint density at radius 3 is 2.82 bits per heavy atom. The maximum absolute atomic E-state index is 12.0. The van der Waals surface area contributed by atoms with E-state index in [-0.39, 0.29) is 5.97 Å². The van der Waals surface area contributed by atoms with Crippen LogP contribution in [0.3, 0.4) is 0 Å². The van der Waals surface area contributed by atoms with E-state index in [1.54, 1.807) is 12.1 Å². The van der Waals surface area contributed by atoms with Crippen LogP contribution < -0.4 is 11.1 Å². The lowest BCUT2D eigenvalue weighted by Gasteiger charge is -2.15. The highest BCUT2D eigenvalue weighted by molar-refractivity contribution is 9.10. The molecule has 0 aliphatic rings. The number of nitrogen functional groups attached to an aromatic ring is 1. The fourth-order valence-electron chi connectivity index (χ4n) is 3.87. The van der Waals surface area contributed by atoms with Gasteiger partial charge in [0.05, 0.1) is 35.9 Å². The second-order valence-corrected chi connectivity index (χ2v) is 9.38. The van der Waals surface area contributed by atoms with E-state index >= 15 is 0 Å². The number of aryl methyl sites for hydroxylation is 2. The number of ether oxygens (including phenoxy) is 1. The van der Waals surface area contributed by atoms with Crippen molar-refractivity contribution in [3.8, 4) is 11.3 Å². The van der Waals surface area contributed by atoms with Crippen LogP contribution in [0, 0.1) is 12.8 Å². The minimum absolute atomic E-state index is 0.362. The molecule has 3 rings (SSSR count). The fourth-order valence-corrected chi connectivity index (χ4v) is 4.23. The first-order chi connectivity index (χ1) is 15.8. The number of nitrogens with zero attached hydrogens (tertiary/aromatic N) is 3. The maximum Gasteiger partial charge on any atom is 0.337 e. The number of benzene rings is 1. The van der Waals surface area contributed by atoms with Gasteiger partial charge in [0.1, 0.15) is 0 Å². The molecule has 8 heteroatoms. The van der Waals surface area contributed by atoms with E-state index in [4.69, 9.17) is 10.5 Å². The molecule has 33 heavy (non-hydrogen) atoms. The van der Waals surface area contributed by atoms with Gasteiger partial charge >= 0.3 is 5.97 Å². The molecule has 1 atom stereocenters. The van der Waals surface area contributed by atoms with Crippen LogP contribution in [-0.2, 0) is 18.2 Å². The molecule has 0 saturated heterocycles. The molecule has 0 unspecified atom stereocenters. The average Bonchev–Trinajstić information content (AvgIpc) is 3.16. The highest BCUT2D eigenvalue weighted by Gasteiger charge is 2.16. The van der Waals surface area contributed by atoms with E-state index in [0.717, 1.165) is 70.7 Å². The van der Waals surface area contributed by atoms with Crippen molar-refractivity contribution in [2.24, 2.45) is 13.0 Å². The Balaban J connectivity index is 1.56. The molecule has 2 aromatic heterocycles. The fraction of sp³-hybridized carbons (Fsp3) is 0.400. The van der Waals surface area contributed by atoms with Crippen LogP contribution in [0.5, 0.6) is 0 Å². The number of unbranched alkanes of at least 4 members (excludes halogenated alkanes) is 1. The predicted octanol–water partition coefficient (Wildman–Crippen LogP) is 5.38. The van der Waals surface area contributed by atoms with Gasteiger partial charge in [0, 0.05) is 35.0 Å². The largest absolute Gasteiger partial charge is 0.465 e. The Hall–Kier alpha value is -2.87. The van der Waals surface area contributed by atoms with Crippen LogP contribution in [0.1, 0.15) is 47.9 Å². The number of esters is 1. The van der Waals surface area contributed by atoms with Crippen molar-refractivity contribution in [1.29, 1.82) is 0 Å². The van der Waals surface area contributed by atoms with E-state index in [1.165, 1.54) is 7.11 Å². The summed E-state index contributed by atoms with van der Waals surface area (Å²) in [4.78, 5) is 16.6. The molecule has 1 aromatic carbocycles. The molecular weight excluding hydrogens is 482 g/mol. The van der Waals surface area contributed by atoms with Crippen molar-refractivity contribution < 1.29 is 9.53 Å². The normalized spacial score (nSPS) is 11.9. The number of aromatic nitrogens is 3. The molecule has 0 saturated carbocycles.